The Morgan fingerprint density at radius 3 is 2.48 bits per heavy atom. The lowest BCUT2D eigenvalue weighted by Gasteiger charge is -2.22. The number of hydrogen-bond acceptors (Lipinski definition) is 3. The Morgan fingerprint density at radius 1 is 1.17 bits per heavy atom. The van der Waals surface area contributed by atoms with Gasteiger partial charge in [-0.3, -0.25) is 9.59 Å². The third-order valence-corrected chi connectivity index (χ3v) is 3.50. The number of carbonyl (C=O) groups is 2. The van der Waals surface area contributed by atoms with Crippen molar-refractivity contribution in [3.05, 3.63) is 29.8 Å². The molecule has 1 aromatic carbocycles. The number of amides is 2. The molecule has 5 nitrogen and oxygen atoms in total. The van der Waals surface area contributed by atoms with Crippen LogP contribution in [0.4, 0.5) is 0 Å². The number of unbranched alkanes of at least 4 members (excludes halogenated alkanes) is 1. The second-order valence-corrected chi connectivity index (χ2v) is 5.77. The standard InChI is InChI=1S/C18H28N2O3/c1-5-7-12-19-18(22)16(13(3)4)20-17(21)14-10-8-9-11-15(14)23-6-2/h8-11,13,16H,5-7,12H2,1-4H3,(H,19,22)(H,20,21). The highest BCUT2D eigenvalue weighted by Gasteiger charge is 2.25. The maximum Gasteiger partial charge on any atom is 0.255 e. The number of rotatable bonds is 9. The minimum absolute atomic E-state index is 0.000155. The average molecular weight is 320 g/mol. The molecule has 0 bridgehead atoms. The van der Waals surface area contributed by atoms with Gasteiger partial charge in [0.25, 0.3) is 5.91 Å². The highest BCUT2D eigenvalue weighted by molar-refractivity contribution is 5.99. The number of nitrogens with one attached hydrogen (secondary N) is 2. The Labute approximate surface area is 138 Å². The van der Waals surface area contributed by atoms with Gasteiger partial charge in [0.05, 0.1) is 12.2 Å². The van der Waals surface area contributed by atoms with Gasteiger partial charge in [0.1, 0.15) is 11.8 Å². The Hall–Kier alpha value is -2.04. The molecule has 1 aromatic rings. The topological polar surface area (TPSA) is 67.4 Å². The van der Waals surface area contributed by atoms with E-state index < -0.39 is 6.04 Å². The van der Waals surface area contributed by atoms with E-state index in [4.69, 9.17) is 4.74 Å². The maximum atomic E-state index is 12.5. The number of carbonyl (C=O) groups excluding carboxylic acids is 2. The van der Waals surface area contributed by atoms with Crippen molar-refractivity contribution in [2.45, 2.75) is 46.6 Å². The van der Waals surface area contributed by atoms with Gasteiger partial charge in [-0.25, -0.2) is 0 Å². The zero-order valence-corrected chi connectivity index (χ0v) is 14.5. The number of benzene rings is 1. The van der Waals surface area contributed by atoms with Gasteiger partial charge in [-0.05, 0) is 31.4 Å². The van der Waals surface area contributed by atoms with Gasteiger partial charge >= 0.3 is 0 Å². The van der Waals surface area contributed by atoms with Crippen LogP contribution in [-0.4, -0.2) is 31.0 Å². The van der Waals surface area contributed by atoms with Gasteiger partial charge in [0, 0.05) is 6.54 Å². The van der Waals surface area contributed by atoms with E-state index in [0.717, 1.165) is 12.8 Å². The molecule has 2 amide bonds. The van der Waals surface area contributed by atoms with Gasteiger partial charge < -0.3 is 15.4 Å². The first-order valence-electron chi connectivity index (χ1n) is 8.31. The lowest BCUT2D eigenvalue weighted by atomic mass is 10.0. The molecule has 0 saturated carbocycles. The first-order valence-corrected chi connectivity index (χ1v) is 8.31. The van der Waals surface area contributed by atoms with Crippen LogP contribution in [0.25, 0.3) is 0 Å². The number of ether oxygens (including phenoxy) is 1. The summed E-state index contributed by atoms with van der Waals surface area (Å²) >= 11 is 0. The predicted octanol–water partition coefficient (Wildman–Crippen LogP) is 2.76. The third kappa shape index (κ3) is 5.93. The summed E-state index contributed by atoms with van der Waals surface area (Å²) in [5, 5.41) is 5.70. The Morgan fingerprint density at radius 2 is 1.87 bits per heavy atom. The van der Waals surface area contributed by atoms with Crippen molar-refractivity contribution < 1.29 is 14.3 Å². The molecule has 0 fully saturated rings. The molecule has 0 spiro atoms. The van der Waals surface area contributed by atoms with Crippen LogP contribution in [-0.2, 0) is 4.79 Å². The molecule has 1 rings (SSSR count). The average Bonchev–Trinajstić information content (AvgIpc) is 2.53. The molecule has 0 aliphatic carbocycles. The first-order chi connectivity index (χ1) is 11.0. The molecule has 128 valence electrons. The van der Waals surface area contributed by atoms with Crippen LogP contribution < -0.4 is 15.4 Å². The van der Waals surface area contributed by atoms with Gasteiger partial charge in [-0.15, -0.1) is 0 Å². The quantitative estimate of drug-likeness (QED) is 0.688. The molecule has 0 aliphatic heterocycles. The van der Waals surface area contributed by atoms with Crippen LogP contribution in [0.5, 0.6) is 5.75 Å². The van der Waals surface area contributed by atoms with Crippen molar-refractivity contribution in [3.8, 4) is 5.75 Å². The molecule has 0 aliphatic rings. The Kier molecular flexibility index (Phi) is 8.16. The fraction of sp³-hybridized carbons (Fsp3) is 0.556. The smallest absolute Gasteiger partial charge is 0.255 e. The summed E-state index contributed by atoms with van der Waals surface area (Å²) in [6.45, 7) is 8.88. The van der Waals surface area contributed by atoms with E-state index in [1.54, 1.807) is 18.2 Å². The lowest BCUT2D eigenvalue weighted by molar-refractivity contribution is -0.123. The molecule has 5 heteroatoms. The monoisotopic (exact) mass is 320 g/mol. The first kappa shape index (κ1) is 19.0. The minimum atomic E-state index is -0.561. The zero-order chi connectivity index (χ0) is 17.2. The van der Waals surface area contributed by atoms with Gasteiger partial charge in [-0.1, -0.05) is 39.3 Å². The van der Waals surface area contributed by atoms with E-state index in [1.807, 2.05) is 26.8 Å². The fourth-order valence-corrected chi connectivity index (χ4v) is 2.19. The minimum Gasteiger partial charge on any atom is -0.493 e. The van der Waals surface area contributed by atoms with E-state index in [2.05, 4.69) is 17.6 Å². The number of hydrogen-bond donors (Lipinski definition) is 2. The van der Waals surface area contributed by atoms with Crippen LogP contribution in [0.2, 0.25) is 0 Å². The number of para-hydroxylation sites is 1. The summed E-state index contributed by atoms with van der Waals surface area (Å²) in [6.07, 6.45) is 1.94. The highest BCUT2D eigenvalue weighted by atomic mass is 16.5. The molecule has 0 saturated heterocycles. The summed E-state index contributed by atoms with van der Waals surface area (Å²) in [5.41, 5.74) is 0.446. The summed E-state index contributed by atoms with van der Waals surface area (Å²) in [6, 6.07) is 6.49. The summed E-state index contributed by atoms with van der Waals surface area (Å²) in [5.74, 6) is 0.0929. The third-order valence-electron chi connectivity index (χ3n) is 3.50. The van der Waals surface area contributed by atoms with Crippen molar-refractivity contribution >= 4 is 11.8 Å². The highest BCUT2D eigenvalue weighted by Crippen LogP contribution is 2.18. The second-order valence-electron chi connectivity index (χ2n) is 5.77. The van der Waals surface area contributed by atoms with Crippen molar-refractivity contribution in [3.63, 3.8) is 0 Å². The predicted molar refractivity (Wildman–Crippen MR) is 91.6 cm³/mol. The van der Waals surface area contributed by atoms with E-state index in [1.165, 1.54) is 0 Å². The Balaban J connectivity index is 2.80. The fourth-order valence-electron chi connectivity index (χ4n) is 2.19. The van der Waals surface area contributed by atoms with Crippen LogP contribution >= 0.6 is 0 Å². The van der Waals surface area contributed by atoms with Crippen molar-refractivity contribution in [2.75, 3.05) is 13.2 Å². The summed E-state index contributed by atoms with van der Waals surface area (Å²) < 4.78 is 5.48. The molecule has 1 unspecified atom stereocenters. The largest absolute Gasteiger partial charge is 0.493 e. The molecular formula is C18H28N2O3. The van der Waals surface area contributed by atoms with E-state index in [9.17, 15) is 9.59 Å². The van der Waals surface area contributed by atoms with Crippen molar-refractivity contribution in [1.29, 1.82) is 0 Å². The van der Waals surface area contributed by atoms with Crippen molar-refractivity contribution in [1.82, 2.24) is 10.6 Å². The van der Waals surface area contributed by atoms with Crippen LogP contribution in [0.3, 0.4) is 0 Å². The van der Waals surface area contributed by atoms with Crippen LogP contribution in [0.15, 0.2) is 24.3 Å². The van der Waals surface area contributed by atoms with E-state index in [-0.39, 0.29) is 17.7 Å². The van der Waals surface area contributed by atoms with E-state index in [0.29, 0.717) is 24.5 Å². The summed E-state index contributed by atoms with van der Waals surface area (Å²) in [7, 11) is 0. The summed E-state index contributed by atoms with van der Waals surface area (Å²) in [4.78, 5) is 24.8. The van der Waals surface area contributed by atoms with Gasteiger partial charge in [0.2, 0.25) is 5.91 Å². The molecule has 0 aromatic heterocycles. The normalized spacial score (nSPS) is 11.9. The molecule has 2 N–H and O–H groups in total. The molecular weight excluding hydrogens is 292 g/mol. The van der Waals surface area contributed by atoms with Crippen molar-refractivity contribution in [2.24, 2.45) is 5.92 Å². The van der Waals surface area contributed by atoms with E-state index >= 15 is 0 Å². The van der Waals surface area contributed by atoms with Crippen LogP contribution in [0, 0.1) is 5.92 Å². The molecule has 0 heterocycles. The Bertz CT molecular complexity index is 515. The van der Waals surface area contributed by atoms with Gasteiger partial charge in [0.15, 0.2) is 0 Å². The second kappa shape index (κ2) is 9.87. The maximum absolute atomic E-state index is 12.5. The zero-order valence-electron chi connectivity index (χ0n) is 14.5. The SMILES string of the molecule is CCCCNC(=O)C(NC(=O)c1ccccc1OCC)C(C)C. The molecule has 1 atom stereocenters. The lowest BCUT2D eigenvalue weighted by Crippen LogP contribution is -2.49. The molecule has 0 radical (unpaired) electrons. The molecule has 23 heavy (non-hydrogen) atoms. The van der Waals surface area contributed by atoms with Gasteiger partial charge in [-0.2, -0.15) is 0 Å². The van der Waals surface area contributed by atoms with Crippen LogP contribution in [0.1, 0.15) is 50.9 Å².